The van der Waals surface area contributed by atoms with Crippen molar-refractivity contribution in [2.24, 2.45) is 0 Å². The van der Waals surface area contributed by atoms with Crippen molar-refractivity contribution in [1.82, 2.24) is 9.88 Å². The number of pyridine rings is 1. The largest absolute Gasteiger partial charge is 0.339 e. The fourth-order valence-electron chi connectivity index (χ4n) is 2.92. The molecule has 1 aromatic carbocycles. The SMILES string of the molecule is O=C(c1cncc(CSc2c(Cl)cccc2Cl)c1)N1CCCCCC1. The molecule has 0 spiro atoms. The minimum atomic E-state index is 0.0806. The lowest BCUT2D eigenvalue weighted by molar-refractivity contribution is 0.0761. The van der Waals surface area contributed by atoms with Crippen LogP contribution in [0, 0.1) is 0 Å². The van der Waals surface area contributed by atoms with Crippen molar-refractivity contribution in [3.05, 3.63) is 57.8 Å². The molecule has 0 atom stereocenters. The average Bonchev–Trinajstić information content (AvgIpc) is 2.90. The number of benzene rings is 1. The Balaban J connectivity index is 1.70. The number of aromatic nitrogens is 1. The maximum Gasteiger partial charge on any atom is 0.255 e. The number of amides is 1. The van der Waals surface area contributed by atoms with Crippen LogP contribution in [0.25, 0.3) is 0 Å². The molecule has 1 saturated heterocycles. The first-order chi connectivity index (χ1) is 12.1. The van der Waals surface area contributed by atoms with Crippen molar-refractivity contribution >= 4 is 40.9 Å². The highest BCUT2D eigenvalue weighted by Gasteiger charge is 2.18. The summed E-state index contributed by atoms with van der Waals surface area (Å²) in [6.45, 7) is 1.68. The van der Waals surface area contributed by atoms with Crippen LogP contribution >= 0.6 is 35.0 Å². The van der Waals surface area contributed by atoms with Crippen LogP contribution in [0.1, 0.15) is 41.6 Å². The summed E-state index contributed by atoms with van der Waals surface area (Å²) in [6, 6.07) is 7.41. The van der Waals surface area contributed by atoms with Gasteiger partial charge in [-0.1, -0.05) is 42.1 Å². The van der Waals surface area contributed by atoms with E-state index in [9.17, 15) is 4.79 Å². The zero-order valence-corrected chi connectivity index (χ0v) is 16.2. The van der Waals surface area contributed by atoms with E-state index in [1.165, 1.54) is 12.8 Å². The monoisotopic (exact) mass is 394 g/mol. The van der Waals surface area contributed by atoms with Gasteiger partial charge in [-0.25, -0.2) is 0 Å². The van der Waals surface area contributed by atoms with Gasteiger partial charge in [0.05, 0.1) is 15.6 Å². The minimum Gasteiger partial charge on any atom is -0.339 e. The van der Waals surface area contributed by atoms with Gasteiger partial charge in [0.2, 0.25) is 0 Å². The van der Waals surface area contributed by atoms with Gasteiger partial charge in [-0.15, -0.1) is 11.8 Å². The first kappa shape index (κ1) is 18.6. The lowest BCUT2D eigenvalue weighted by Gasteiger charge is -2.20. The number of thioether (sulfide) groups is 1. The van der Waals surface area contributed by atoms with E-state index in [2.05, 4.69) is 4.98 Å². The van der Waals surface area contributed by atoms with Gasteiger partial charge < -0.3 is 4.90 Å². The molecule has 3 rings (SSSR count). The molecule has 0 saturated carbocycles. The van der Waals surface area contributed by atoms with Gasteiger partial charge in [-0.2, -0.15) is 0 Å². The highest BCUT2D eigenvalue weighted by atomic mass is 35.5. The summed E-state index contributed by atoms with van der Waals surface area (Å²) in [7, 11) is 0. The molecule has 1 aliphatic rings. The van der Waals surface area contributed by atoms with Crippen molar-refractivity contribution in [1.29, 1.82) is 0 Å². The molecule has 0 N–H and O–H groups in total. The standard InChI is InChI=1S/C19H20Cl2N2OS/c20-16-6-5-7-17(21)18(16)25-13-14-10-15(12-22-11-14)19(24)23-8-3-1-2-4-9-23/h5-7,10-12H,1-4,8-9,13H2. The van der Waals surface area contributed by atoms with E-state index in [1.54, 1.807) is 24.2 Å². The average molecular weight is 395 g/mol. The summed E-state index contributed by atoms with van der Waals surface area (Å²) in [5.41, 5.74) is 1.65. The van der Waals surface area contributed by atoms with Gasteiger partial charge in [-0.05, 0) is 36.6 Å². The third kappa shape index (κ3) is 4.90. The third-order valence-electron chi connectivity index (χ3n) is 4.24. The van der Waals surface area contributed by atoms with Crippen LogP contribution in [-0.4, -0.2) is 28.9 Å². The second kappa shape index (κ2) is 8.93. The van der Waals surface area contributed by atoms with Crippen LogP contribution in [0.3, 0.4) is 0 Å². The molecule has 1 amide bonds. The maximum absolute atomic E-state index is 12.7. The molecule has 25 heavy (non-hydrogen) atoms. The summed E-state index contributed by atoms with van der Waals surface area (Å²) in [6.07, 6.45) is 8.02. The van der Waals surface area contributed by atoms with Crippen molar-refractivity contribution < 1.29 is 4.79 Å². The van der Waals surface area contributed by atoms with Crippen LogP contribution in [0.15, 0.2) is 41.6 Å². The number of likely N-dealkylation sites (tertiary alicyclic amines) is 1. The summed E-state index contributed by atoms with van der Waals surface area (Å²) in [5, 5.41) is 1.28. The van der Waals surface area contributed by atoms with Crippen LogP contribution in [-0.2, 0) is 5.75 Å². The Kier molecular flexibility index (Phi) is 6.63. The Morgan fingerprint density at radius 3 is 2.44 bits per heavy atom. The first-order valence-corrected chi connectivity index (χ1v) is 10.2. The predicted octanol–water partition coefficient (Wildman–Crippen LogP) is 5.70. The van der Waals surface area contributed by atoms with Crippen LogP contribution in [0.5, 0.6) is 0 Å². The fraction of sp³-hybridized carbons (Fsp3) is 0.368. The van der Waals surface area contributed by atoms with E-state index in [1.807, 2.05) is 29.2 Å². The van der Waals surface area contributed by atoms with E-state index in [4.69, 9.17) is 23.2 Å². The lowest BCUT2D eigenvalue weighted by Crippen LogP contribution is -2.31. The molecular weight excluding hydrogens is 375 g/mol. The van der Waals surface area contributed by atoms with Crippen LogP contribution < -0.4 is 0 Å². The van der Waals surface area contributed by atoms with Crippen molar-refractivity contribution in [3.8, 4) is 0 Å². The maximum atomic E-state index is 12.7. The normalized spacial score (nSPS) is 15.0. The fourth-order valence-corrected chi connectivity index (χ4v) is 4.52. The van der Waals surface area contributed by atoms with E-state index >= 15 is 0 Å². The van der Waals surface area contributed by atoms with E-state index in [-0.39, 0.29) is 5.91 Å². The predicted molar refractivity (Wildman–Crippen MR) is 105 cm³/mol. The smallest absolute Gasteiger partial charge is 0.255 e. The Morgan fingerprint density at radius 2 is 1.76 bits per heavy atom. The number of carbonyl (C=O) groups is 1. The number of hydrogen-bond donors (Lipinski definition) is 0. The molecule has 3 nitrogen and oxygen atoms in total. The second-order valence-corrected chi connectivity index (χ2v) is 7.93. The topological polar surface area (TPSA) is 33.2 Å². The Hall–Kier alpha value is -1.23. The first-order valence-electron chi connectivity index (χ1n) is 8.45. The van der Waals surface area contributed by atoms with Crippen LogP contribution in [0.2, 0.25) is 10.0 Å². The van der Waals surface area contributed by atoms with E-state index in [0.717, 1.165) is 36.4 Å². The number of hydrogen-bond acceptors (Lipinski definition) is 3. The van der Waals surface area contributed by atoms with Gasteiger partial charge in [0.1, 0.15) is 0 Å². The quantitative estimate of drug-likeness (QED) is 0.623. The van der Waals surface area contributed by atoms with Crippen molar-refractivity contribution in [2.45, 2.75) is 36.3 Å². The van der Waals surface area contributed by atoms with Crippen LogP contribution in [0.4, 0.5) is 0 Å². The summed E-state index contributed by atoms with van der Waals surface area (Å²) >= 11 is 14.0. The third-order valence-corrected chi connectivity index (χ3v) is 6.30. The van der Waals surface area contributed by atoms with Gasteiger partial charge in [-0.3, -0.25) is 9.78 Å². The Labute approximate surface area is 162 Å². The van der Waals surface area contributed by atoms with Gasteiger partial charge in [0.25, 0.3) is 5.91 Å². The summed E-state index contributed by atoms with van der Waals surface area (Å²) in [5.74, 6) is 0.745. The zero-order valence-electron chi connectivity index (χ0n) is 13.9. The van der Waals surface area contributed by atoms with Gasteiger partial charge in [0.15, 0.2) is 0 Å². The summed E-state index contributed by atoms with van der Waals surface area (Å²) < 4.78 is 0. The van der Waals surface area contributed by atoms with E-state index < -0.39 is 0 Å². The molecule has 6 heteroatoms. The Morgan fingerprint density at radius 1 is 1.08 bits per heavy atom. The number of halogens is 2. The molecule has 0 bridgehead atoms. The highest BCUT2D eigenvalue weighted by molar-refractivity contribution is 7.98. The molecule has 1 fully saturated rings. The zero-order chi connectivity index (χ0) is 17.6. The van der Waals surface area contributed by atoms with Crippen molar-refractivity contribution in [2.75, 3.05) is 13.1 Å². The number of carbonyl (C=O) groups excluding carboxylic acids is 1. The molecule has 1 aliphatic heterocycles. The highest BCUT2D eigenvalue weighted by Crippen LogP contribution is 2.35. The molecule has 0 aliphatic carbocycles. The molecule has 0 radical (unpaired) electrons. The minimum absolute atomic E-state index is 0.0806. The molecule has 132 valence electrons. The Bertz CT molecular complexity index is 726. The molecule has 0 unspecified atom stereocenters. The second-order valence-electron chi connectivity index (χ2n) is 6.13. The van der Waals surface area contributed by atoms with E-state index in [0.29, 0.717) is 21.4 Å². The van der Waals surface area contributed by atoms with Gasteiger partial charge in [0, 0.05) is 36.1 Å². The molecule has 1 aromatic heterocycles. The van der Waals surface area contributed by atoms with Crippen molar-refractivity contribution in [3.63, 3.8) is 0 Å². The molecular formula is C19H20Cl2N2OS. The number of nitrogens with zero attached hydrogens (tertiary/aromatic N) is 2. The van der Waals surface area contributed by atoms with Gasteiger partial charge >= 0.3 is 0 Å². The summed E-state index contributed by atoms with van der Waals surface area (Å²) in [4.78, 5) is 19.8. The number of rotatable bonds is 4. The molecule has 2 heterocycles. The lowest BCUT2D eigenvalue weighted by atomic mass is 10.2. The molecule has 2 aromatic rings.